The lowest BCUT2D eigenvalue weighted by Gasteiger charge is -2.10. The summed E-state index contributed by atoms with van der Waals surface area (Å²) in [5.74, 6) is -1.76. The van der Waals surface area contributed by atoms with Crippen molar-refractivity contribution in [1.29, 1.82) is 0 Å². The van der Waals surface area contributed by atoms with Crippen LogP contribution >= 0.6 is 11.6 Å². The van der Waals surface area contributed by atoms with Crippen LogP contribution in [0.1, 0.15) is 30.4 Å². The minimum absolute atomic E-state index is 0.00961. The molecule has 0 radical (unpaired) electrons. The number of esters is 1. The largest absolute Gasteiger partial charge is 0.456 e. The summed E-state index contributed by atoms with van der Waals surface area (Å²) >= 11 is 5.87. The monoisotopic (exact) mass is 456 g/mol. The van der Waals surface area contributed by atoms with E-state index in [9.17, 15) is 27.6 Å². The zero-order valence-electron chi connectivity index (χ0n) is 16.5. The Hall–Kier alpha value is -3.07. The van der Waals surface area contributed by atoms with Crippen LogP contribution in [0.25, 0.3) is 0 Å². The van der Waals surface area contributed by atoms with Gasteiger partial charge in [-0.2, -0.15) is 13.2 Å². The molecule has 0 saturated carbocycles. The number of carbonyl (C=O) groups is 3. The number of alkyl halides is 3. The van der Waals surface area contributed by atoms with Crippen LogP contribution in [0, 0.1) is 6.92 Å². The van der Waals surface area contributed by atoms with E-state index in [0.29, 0.717) is 10.7 Å². The average molecular weight is 457 g/mol. The van der Waals surface area contributed by atoms with Gasteiger partial charge in [-0.25, -0.2) is 0 Å². The smallest absolute Gasteiger partial charge is 0.416 e. The summed E-state index contributed by atoms with van der Waals surface area (Å²) in [5, 5.41) is 5.37. The molecule has 0 bridgehead atoms. The van der Waals surface area contributed by atoms with Crippen LogP contribution < -0.4 is 10.6 Å². The molecule has 0 atom stereocenters. The third-order valence-electron chi connectivity index (χ3n) is 4.10. The van der Waals surface area contributed by atoms with Gasteiger partial charge in [-0.05, 0) is 49.2 Å². The van der Waals surface area contributed by atoms with Crippen molar-refractivity contribution in [3.8, 4) is 0 Å². The Morgan fingerprint density at radius 2 is 1.74 bits per heavy atom. The molecule has 0 fully saturated rings. The Morgan fingerprint density at radius 1 is 1.00 bits per heavy atom. The molecule has 0 heterocycles. The summed E-state index contributed by atoms with van der Waals surface area (Å²) in [5.41, 5.74) is 0.422. The first-order chi connectivity index (χ1) is 14.5. The van der Waals surface area contributed by atoms with Crippen LogP contribution in [-0.4, -0.2) is 24.4 Å². The van der Waals surface area contributed by atoms with E-state index in [2.05, 4.69) is 10.6 Å². The number of ether oxygens (including phenoxy) is 1. The van der Waals surface area contributed by atoms with E-state index in [1.165, 1.54) is 12.1 Å². The lowest BCUT2D eigenvalue weighted by molar-refractivity contribution is -0.147. The highest BCUT2D eigenvalue weighted by Gasteiger charge is 2.30. The molecule has 0 spiro atoms. The van der Waals surface area contributed by atoms with Crippen LogP contribution in [0.2, 0.25) is 5.02 Å². The molecule has 166 valence electrons. The predicted molar refractivity (Wildman–Crippen MR) is 110 cm³/mol. The Kier molecular flexibility index (Phi) is 8.44. The molecule has 6 nitrogen and oxygen atoms in total. The molecular formula is C21H20ClF3N2O4. The Labute approximate surface area is 181 Å². The van der Waals surface area contributed by atoms with Crippen LogP contribution in [0.15, 0.2) is 42.5 Å². The normalized spacial score (nSPS) is 11.0. The number of amides is 2. The summed E-state index contributed by atoms with van der Waals surface area (Å²) in [6.45, 7) is 1.28. The number of aryl methyl sites for hydroxylation is 1. The van der Waals surface area contributed by atoms with E-state index >= 15 is 0 Å². The zero-order valence-corrected chi connectivity index (χ0v) is 17.3. The molecule has 0 unspecified atom stereocenters. The highest BCUT2D eigenvalue weighted by atomic mass is 35.5. The third kappa shape index (κ3) is 8.29. The van der Waals surface area contributed by atoms with Crippen LogP contribution in [0.4, 0.5) is 24.5 Å². The first-order valence-corrected chi connectivity index (χ1v) is 9.61. The molecule has 2 N–H and O–H groups in total. The predicted octanol–water partition coefficient (Wildman–Crippen LogP) is 4.96. The molecule has 2 aromatic rings. The number of benzene rings is 2. The second kappa shape index (κ2) is 10.8. The molecule has 31 heavy (non-hydrogen) atoms. The van der Waals surface area contributed by atoms with Crippen molar-refractivity contribution in [2.24, 2.45) is 0 Å². The number of nitrogens with one attached hydrogen (secondary N) is 2. The van der Waals surface area contributed by atoms with Gasteiger partial charge in [-0.15, -0.1) is 0 Å². The summed E-state index contributed by atoms with van der Waals surface area (Å²) in [6, 6.07) is 9.22. The fourth-order valence-corrected chi connectivity index (χ4v) is 2.70. The number of rotatable bonds is 8. The summed E-state index contributed by atoms with van der Waals surface area (Å²) in [6.07, 6.45) is -4.63. The van der Waals surface area contributed by atoms with Crippen molar-refractivity contribution >= 4 is 40.8 Å². The van der Waals surface area contributed by atoms with Crippen molar-refractivity contribution < 1.29 is 32.3 Å². The maximum absolute atomic E-state index is 12.7. The van der Waals surface area contributed by atoms with Crippen LogP contribution in [0.3, 0.4) is 0 Å². The van der Waals surface area contributed by atoms with E-state index in [4.69, 9.17) is 16.3 Å². The maximum atomic E-state index is 12.7. The van der Waals surface area contributed by atoms with E-state index < -0.39 is 36.1 Å². The fourth-order valence-electron chi connectivity index (χ4n) is 2.52. The molecule has 2 amide bonds. The number of carbonyl (C=O) groups excluding carboxylic acids is 3. The van der Waals surface area contributed by atoms with Gasteiger partial charge in [0.1, 0.15) is 0 Å². The van der Waals surface area contributed by atoms with E-state index in [0.717, 1.165) is 17.7 Å². The van der Waals surface area contributed by atoms with E-state index in [1.54, 1.807) is 25.1 Å². The Morgan fingerprint density at radius 3 is 2.45 bits per heavy atom. The SMILES string of the molecule is Cc1ccc(Cl)cc1NC(=O)COC(=O)CCCC(=O)Nc1cccc(C(F)(F)F)c1. The fraction of sp³-hybridized carbons (Fsp3) is 0.286. The van der Waals surface area contributed by atoms with Gasteiger partial charge in [0, 0.05) is 29.2 Å². The summed E-state index contributed by atoms with van der Waals surface area (Å²) in [7, 11) is 0. The van der Waals surface area contributed by atoms with Gasteiger partial charge in [0.05, 0.1) is 5.56 Å². The third-order valence-corrected chi connectivity index (χ3v) is 4.33. The Balaban J connectivity index is 1.70. The van der Waals surface area contributed by atoms with Gasteiger partial charge in [-0.1, -0.05) is 23.7 Å². The van der Waals surface area contributed by atoms with Crippen LogP contribution in [0.5, 0.6) is 0 Å². The summed E-state index contributed by atoms with van der Waals surface area (Å²) < 4.78 is 42.9. The lowest BCUT2D eigenvalue weighted by Crippen LogP contribution is -2.21. The number of anilines is 2. The quantitative estimate of drug-likeness (QED) is 0.550. The van der Waals surface area contributed by atoms with Gasteiger partial charge < -0.3 is 15.4 Å². The standard InChI is InChI=1S/C21H20ClF3N2O4/c1-13-8-9-15(22)11-17(13)27-19(29)12-31-20(30)7-3-6-18(28)26-16-5-2-4-14(10-16)21(23,24)25/h2,4-5,8-11H,3,6-7,12H2,1H3,(H,26,28)(H,27,29). The maximum Gasteiger partial charge on any atom is 0.416 e. The zero-order chi connectivity index (χ0) is 23.0. The Bertz CT molecular complexity index is 964. The van der Waals surface area contributed by atoms with Gasteiger partial charge in [-0.3, -0.25) is 14.4 Å². The molecule has 0 aliphatic carbocycles. The molecule has 10 heteroatoms. The minimum Gasteiger partial charge on any atom is -0.456 e. The van der Waals surface area contributed by atoms with Gasteiger partial charge in [0.2, 0.25) is 5.91 Å². The second-order valence-electron chi connectivity index (χ2n) is 6.65. The molecule has 0 aliphatic rings. The molecule has 2 aromatic carbocycles. The molecule has 2 rings (SSSR count). The van der Waals surface area contributed by atoms with E-state index in [-0.39, 0.29) is 24.9 Å². The number of hydrogen-bond acceptors (Lipinski definition) is 4. The van der Waals surface area contributed by atoms with E-state index in [1.807, 2.05) is 0 Å². The molecule has 0 aliphatic heterocycles. The lowest BCUT2D eigenvalue weighted by atomic mass is 10.2. The molecule has 0 aromatic heterocycles. The van der Waals surface area contributed by atoms with Gasteiger partial charge in [0.25, 0.3) is 5.91 Å². The van der Waals surface area contributed by atoms with Gasteiger partial charge in [0.15, 0.2) is 6.61 Å². The average Bonchev–Trinajstić information content (AvgIpc) is 2.69. The number of halogens is 4. The first kappa shape index (κ1) is 24.2. The topological polar surface area (TPSA) is 84.5 Å². The van der Waals surface area contributed by atoms with Crippen LogP contribution in [-0.2, 0) is 25.3 Å². The first-order valence-electron chi connectivity index (χ1n) is 9.23. The summed E-state index contributed by atoms with van der Waals surface area (Å²) in [4.78, 5) is 35.5. The van der Waals surface area contributed by atoms with Gasteiger partial charge >= 0.3 is 12.1 Å². The highest BCUT2D eigenvalue weighted by molar-refractivity contribution is 6.31. The second-order valence-corrected chi connectivity index (χ2v) is 7.08. The molecule has 0 saturated heterocycles. The van der Waals surface area contributed by atoms with Crippen molar-refractivity contribution in [3.63, 3.8) is 0 Å². The highest BCUT2D eigenvalue weighted by Crippen LogP contribution is 2.30. The van der Waals surface area contributed by atoms with Crippen molar-refractivity contribution in [2.75, 3.05) is 17.2 Å². The van der Waals surface area contributed by atoms with Crippen molar-refractivity contribution in [1.82, 2.24) is 0 Å². The van der Waals surface area contributed by atoms with Crippen molar-refractivity contribution in [2.45, 2.75) is 32.4 Å². The molecular weight excluding hydrogens is 437 g/mol. The number of hydrogen-bond donors (Lipinski definition) is 2. The van der Waals surface area contributed by atoms with Crippen molar-refractivity contribution in [3.05, 3.63) is 58.6 Å². The minimum atomic E-state index is -4.51.